The lowest BCUT2D eigenvalue weighted by atomic mass is 10.1. The monoisotopic (exact) mass is 307 g/mol. The van der Waals surface area contributed by atoms with Crippen molar-refractivity contribution in [2.24, 2.45) is 5.10 Å². The third kappa shape index (κ3) is 3.23. The summed E-state index contributed by atoms with van der Waals surface area (Å²) in [6.45, 7) is 4.07. The van der Waals surface area contributed by atoms with E-state index in [1.165, 1.54) is 4.88 Å². The van der Waals surface area contributed by atoms with E-state index >= 15 is 0 Å². The van der Waals surface area contributed by atoms with Crippen LogP contribution < -0.4 is 5.43 Å². The second kappa shape index (κ2) is 6.54. The van der Waals surface area contributed by atoms with Gasteiger partial charge in [-0.25, -0.2) is 4.98 Å². The van der Waals surface area contributed by atoms with Crippen LogP contribution in [0.3, 0.4) is 0 Å². The number of hydrazone groups is 1. The second-order valence-electron chi connectivity index (χ2n) is 4.96. The van der Waals surface area contributed by atoms with Crippen molar-refractivity contribution in [3.8, 4) is 11.3 Å². The van der Waals surface area contributed by atoms with E-state index in [-0.39, 0.29) is 0 Å². The minimum absolute atomic E-state index is 0.812. The van der Waals surface area contributed by atoms with Gasteiger partial charge in [-0.3, -0.25) is 5.43 Å². The Bertz CT molecular complexity index is 777. The predicted octanol–water partition coefficient (Wildman–Crippen LogP) is 4.95. The van der Waals surface area contributed by atoms with Crippen LogP contribution in [0.2, 0.25) is 0 Å². The fraction of sp³-hybridized carbons (Fsp3) is 0.111. The molecule has 0 bridgehead atoms. The largest absolute Gasteiger partial charge is 0.252 e. The van der Waals surface area contributed by atoms with Gasteiger partial charge in [0.05, 0.1) is 11.4 Å². The van der Waals surface area contributed by atoms with E-state index in [1.807, 2.05) is 55.5 Å². The molecule has 3 nitrogen and oxygen atoms in total. The minimum atomic E-state index is 0.812. The molecule has 1 heterocycles. The normalized spacial score (nSPS) is 11.5. The summed E-state index contributed by atoms with van der Waals surface area (Å²) in [5.41, 5.74) is 7.26. The highest BCUT2D eigenvalue weighted by Gasteiger charge is 2.09. The number of thiazole rings is 1. The van der Waals surface area contributed by atoms with Gasteiger partial charge in [0.15, 0.2) is 0 Å². The third-order valence-electron chi connectivity index (χ3n) is 3.35. The standard InChI is InChI=1S/C18H17N3S/c1-13(15-9-5-3-6-10-15)20-21-18-19-17(14(2)22-18)16-11-7-4-8-12-16/h3-12H,1-2H3,(H,19,21)/b20-13-. The van der Waals surface area contributed by atoms with Gasteiger partial charge >= 0.3 is 0 Å². The Morgan fingerprint density at radius 1 is 1.00 bits per heavy atom. The zero-order valence-corrected chi connectivity index (χ0v) is 13.4. The lowest BCUT2D eigenvalue weighted by Gasteiger charge is -2.00. The van der Waals surface area contributed by atoms with Gasteiger partial charge in [-0.2, -0.15) is 5.10 Å². The molecule has 0 aliphatic heterocycles. The first-order valence-corrected chi connectivity index (χ1v) is 7.94. The van der Waals surface area contributed by atoms with Gasteiger partial charge in [0.1, 0.15) is 0 Å². The SMILES string of the molecule is C/C(=N/Nc1nc(-c2ccccc2)c(C)s1)c1ccccc1. The third-order valence-corrected chi connectivity index (χ3v) is 4.23. The van der Waals surface area contributed by atoms with E-state index in [0.29, 0.717) is 0 Å². The zero-order valence-electron chi connectivity index (χ0n) is 12.6. The molecule has 2 aromatic carbocycles. The van der Waals surface area contributed by atoms with Gasteiger partial charge in [0, 0.05) is 10.4 Å². The molecule has 0 fully saturated rings. The molecule has 0 aliphatic rings. The summed E-state index contributed by atoms with van der Waals surface area (Å²) in [6, 6.07) is 20.3. The van der Waals surface area contributed by atoms with Crippen molar-refractivity contribution in [1.29, 1.82) is 0 Å². The Balaban J connectivity index is 1.80. The molecule has 22 heavy (non-hydrogen) atoms. The predicted molar refractivity (Wildman–Crippen MR) is 94.6 cm³/mol. The van der Waals surface area contributed by atoms with E-state index in [4.69, 9.17) is 0 Å². The van der Waals surface area contributed by atoms with Gasteiger partial charge < -0.3 is 0 Å². The number of aryl methyl sites for hydroxylation is 1. The van der Waals surface area contributed by atoms with Crippen molar-refractivity contribution in [2.45, 2.75) is 13.8 Å². The quantitative estimate of drug-likeness (QED) is 0.546. The molecule has 0 amide bonds. The number of aromatic nitrogens is 1. The average molecular weight is 307 g/mol. The van der Waals surface area contributed by atoms with Crippen LogP contribution in [0.5, 0.6) is 0 Å². The van der Waals surface area contributed by atoms with Crippen LogP contribution in [0.1, 0.15) is 17.4 Å². The molecule has 0 radical (unpaired) electrons. The summed E-state index contributed by atoms with van der Waals surface area (Å²) in [6.07, 6.45) is 0. The molecule has 110 valence electrons. The molecule has 0 atom stereocenters. The van der Waals surface area contributed by atoms with Crippen molar-refractivity contribution in [3.05, 3.63) is 71.1 Å². The Morgan fingerprint density at radius 2 is 1.64 bits per heavy atom. The number of benzene rings is 2. The molecule has 0 unspecified atom stereocenters. The van der Waals surface area contributed by atoms with Crippen LogP contribution in [0.25, 0.3) is 11.3 Å². The minimum Gasteiger partial charge on any atom is -0.252 e. The summed E-state index contributed by atoms with van der Waals surface area (Å²) in [7, 11) is 0. The molecule has 0 saturated heterocycles. The molecule has 0 aliphatic carbocycles. The van der Waals surface area contributed by atoms with Gasteiger partial charge in [0.25, 0.3) is 0 Å². The Morgan fingerprint density at radius 3 is 2.32 bits per heavy atom. The fourth-order valence-corrected chi connectivity index (χ4v) is 2.96. The lowest BCUT2D eigenvalue weighted by Crippen LogP contribution is -1.99. The highest BCUT2D eigenvalue weighted by molar-refractivity contribution is 7.15. The first-order valence-electron chi connectivity index (χ1n) is 7.12. The smallest absolute Gasteiger partial charge is 0.204 e. The molecule has 0 saturated carbocycles. The Labute approximate surface area is 134 Å². The van der Waals surface area contributed by atoms with Gasteiger partial charge in [-0.15, -0.1) is 11.3 Å². The van der Waals surface area contributed by atoms with E-state index in [2.05, 4.69) is 34.6 Å². The Kier molecular flexibility index (Phi) is 4.30. The maximum absolute atomic E-state index is 4.65. The first-order chi connectivity index (χ1) is 10.7. The molecule has 4 heteroatoms. The number of hydrogen-bond acceptors (Lipinski definition) is 4. The number of nitrogens with zero attached hydrogens (tertiary/aromatic N) is 2. The molecule has 1 aromatic heterocycles. The molecular formula is C18H17N3S. The van der Waals surface area contributed by atoms with Crippen molar-refractivity contribution in [1.82, 2.24) is 4.98 Å². The summed E-state index contributed by atoms with van der Waals surface area (Å²) in [5, 5.41) is 5.24. The summed E-state index contributed by atoms with van der Waals surface area (Å²) >= 11 is 1.62. The highest BCUT2D eigenvalue weighted by atomic mass is 32.1. The number of hydrogen-bond donors (Lipinski definition) is 1. The van der Waals surface area contributed by atoms with E-state index in [1.54, 1.807) is 11.3 Å². The van der Waals surface area contributed by atoms with Crippen LogP contribution in [0.4, 0.5) is 5.13 Å². The fourth-order valence-electron chi connectivity index (χ4n) is 2.18. The summed E-state index contributed by atoms with van der Waals surface area (Å²) < 4.78 is 0. The molecule has 0 spiro atoms. The van der Waals surface area contributed by atoms with Crippen molar-refractivity contribution in [3.63, 3.8) is 0 Å². The molecular weight excluding hydrogens is 290 g/mol. The first kappa shape index (κ1) is 14.5. The van der Waals surface area contributed by atoms with Crippen molar-refractivity contribution in [2.75, 3.05) is 5.43 Å². The molecule has 3 aromatic rings. The van der Waals surface area contributed by atoms with Crippen molar-refractivity contribution >= 4 is 22.2 Å². The molecule has 1 N–H and O–H groups in total. The maximum Gasteiger partial charge on any atom is 0.204 e. The number of anilines is 1. The Hall–Kier alpha value is -2.46. The van der Waals surface area contributed by atoms with Gasteiger partial charge in [0.2, 0.25) is 5.13 Å². The lowest BCUT2D eigenvalue weighted by molar-refractivity contribution is 1.27. The van der Waals surface area contributed by atoms with Crippen LogP contribution in [0.15, 0.2) is 65.8 Å². The van der Waals surface area contributed by atoms with Crippen LogP contribution in [-0.2, 0) is 0 Å². The summed E-state index contributed by atoms with van der Waals surface area (Å²) in [5.74, 6) is 0. The topological polar surface area (TPSA) is 37.3 Å². The van der Waals surface area contributed by atoms with E-state index in [9.17, 15) is 0 Å². The maximum atomic E-state index is 4.65. The van der Waals surface area contributed by atoms with Crippen LogP contribution >= 0.6 is 11.3 Å². The van der Waals surface area contributed by atoms with Gasteiger partial charge in [-0.1, -0.05) is 60.7 Å². The number of nitrogens with one attached hydrogen (secondary N) is 1. The molecule has 3 rings (SSSR count). The van der Waals surface area contributed by atoms with Crippen LogP contribution in [0, 0.1) is 6.92 Å². The number of rotatable bonds is 4. The van der Waals surface area contributed by atoms with E-state index in [0.717, 1.165) is 27.7 Å². The average Bonchev–Trinajstić information content (AvgIpc) is 2.95. The van der Waals surface area contributed by atoms with E-state index < -0.39 is 0 Å². The zero-order chi connectivity index (χ0) is 15.4. The van der Waals surface area contributed by atoms with Crippen LogP contribution in [-0.4, -0.2) is 10.7 Å². The van der Waals surface area contributed by atoms with Gasteiger partial charge in [-0.05, 0) is 19.4 Å². The van der Waals surface area contributed by atoms with Crippen molar-refractivity contribution < 1.29 is 0 Å². The summed E-state index contributed by atoms with van der Waals surface area (Å²) in [4.78, 5) is 5.83. The second-order valence-corrected chi connectivity index (χ2v) is 6.17. The highest BCUT2D eigenvalue weighted by Crippen LogP contribution is 2.30.